The van der Waals surface area contributed by atoms with E-state index in [4.69, 9.17) is 23.7 Å². The minimum atomic E-state index is -0.875. The van der Waals surface area contributed by atoms with Gasteiger partial charge in [0.15, 0.2) is 5.82 Å². The Morgan fingerprint density at radius 2 is 1.71 bits per heavy atom. The van der Waals surface area contributed by atoms with Crippen molar-refractivity contribution in [3.63, 3.8) is 0 Å². The highest BCUT2D eigenvalue weighted by Gasteiger charge is 2.33. The Bertz CT molecular complexity index is 1740. The molecule has 0 saturated carbocycles. The molecule has 1 saturated heterocycles. The maximum Gasteiger partial charge on any atom is 0.415 e. The summed E-state index contributed by atoms with van der Waals surface area (Å²) in [7, 11) is 0. The van der Waals surface area contributed by atoms with Gasteiger partial charge in [0.25, 0.3) is 0 Å². The minimum Gasteiger partial charge on any atom is -0.474 e. The molecule has 2 unspecified atom stereocenters. The van der Waals surface area contributed by atoms with Crippen LogP contribution in [0.2, 0.25) is 0 Å². The maximum atomic E-state index is 16.6. The third-order valence-corrected chi connectivity index (χ3v) is 7.74. The molecule has 0 aliphatic carbocycles. The van der Waals surface area contributed by atoms with Crippen LogP contribution in [-0.2, 0) is 18.9 Å². The average molecular weight is 668 g/mol. The van der Waals surface area contributed by atoms with Crippen molar-refractivity contribution in [3.8, 4) is 17.0 Å². The van der Waals surface area contributed by atoms with Gasteiger partial charge in [-0.2, -0.15) is 0 Å². The summed E-state index contributed by atoms with van der Waals surface area (Å²) in [6.07, 6.45) is 1.02. The van der Waals surface area contributed by atoms with Gasteiger partial charge in [0.05, 0.1) is 25.4 Å². The number of amides is 3. The van der Waals surface area contributed by atoms with Crippen LogP contribution in [0.25, 0.3) is 21.9 Å². The SMILES string of the molecule is CCC1COCC1OC(=O)Nc1cc2cc(-c3cnc4c(c3C)N(C(=O)OC(C)(C)C)CCO4)c(F)c(NC(=O)OC(C)(C)C)c2cn1. The first kappa shape index (κ1) is 34.6. The zero-order valence-electron chi connectivity index (χ0n) is 28.5. The lowest BCUT2D eigenvalue weighted by Gasteiger charge is -2.32. The number of nitrogens with one attached hydrogen (secondary N) is 2. The van der Waals surface area contributed by atoms with E-state index in [1.807, 2.05) is 6.92 Å². The summed E-state index contributed by atoms with van der Waals surface area (Å²) < 4.78 is 44.4. The van der Waals surface area contributed by atoms with Gasteiger partial charge in [-0.25, -0.2) is 28.7 Å². The first-order chi connectivity index (χ1) is 22.5. The van der Waals surface area contributed by atoms with E-state index in [0.29, 0.717) is 35.4 Å². The summed E-state index contributed by atoms with van der Waals surface area (Å²) in [5, 5.41) is 5.86. The molecule has 2 N–H and O–H groups in total. The van der Waals surface area contributed by atoms with Crippen LogP contribution in [0.4, 0.5) is 36.0 Å². The number of hydrogen-bond donors (Lipinski definition) is 2. The fraction of sp³-hybridized carbons (Fsp3) is 0.500. The predicted molar refractivity (Wildman–Crippen MR) is 177 cm³/mol. The molecule has 2 aliphatic heterocycles. The van der Waals surface area contributed by atoms with Gasteiger partial charge in [-0.15, -0.1) is 0 Å². The molecular formula is C34H42FN5O8. The highest BCUT2D eigenvalue weighted by Crippen LogP contribution is 2.42. The Balaban J connectivity index is 1.58. The Kier molecular flexibility index (Phi) is 9.67. The molecule has 48 heavy (non-hydrogen) atoms. The van der Waals surface area contributed by atoms with Gasteiger partial charge in [-0.05, 0) is 78.0 Å². The normalized spacial score (nSPS) is 17.7. The monoisotopic (exact) mass is 667 g/mol. The highest BCUT2D eigenvalue weighted by molar-refractivity contribution is 6.05. The molecule has 0 spiro atoms. The quantitative estimate of drug-likeness (QED) is 0.267. The Morgan fingerprint density at radius 1 is 0.979 bits per heavy atom. The van der Waals surface area contributed by atoms with Gasteiger partial charge in [0.1, 0.15) is 35.4 Å². The van der Waals surface area contributed by atoms with Crippen molar-refractivity contribution in [1.29, 1.82) is 0 Å². The smallest absolute Gasteiger partial charge is 0.415 e. The van der Waals surface area contributed by atoms with Crippen LogP contribution in [0.1, 0.15) is 60.5 Å². The molecule has 2 aliphatic rings. The van der Waals surface area contributed by atoms with Gasteiger partial charge in [0, 0.05) is 34.8 Å². The summed E-state index contributed by atoms with van der Waals surface area (Å²) in [6.45, 7) is 15.3. The van der Waals surface area contributed by atoms with Crippen molar-refractivity contribution in [2.75, 3.05) is 41.9 Å². The van der Waals surface area contributed by atoms with E-state index in [1.54, 1.807) is 60.6 Å². The summed E-state index contributed by atoms with van der Waals surface area (Å²) in [5.74, 6) is -0.344. The van der Waals surface area contributed by atoms with E-state index in [2.05, 4.69) is 20.6 Å². The lowest BCUT2D eigenvalue weighted by atomic mass is 9.96. The van der Waals surface area contributed by atoms with Gasteiger partial charge >= 0.3 is 18.3 Å². The van der Waals surface area contributed by atoms with Crippen LogP contribution in [0.15, 0.2) is 24.5 Å². The van der Waals surface area contributed by atoms with E-state index in [0.717, 1.165) is 6.42 Å². The van der Waals surface area contributed by atoms with Gasteiger partial charge < -0.3 is 23.7 Å². The van der Waals surface area contributed by atoms with E-state index in [-0.39, 0.29) is 53.5 Å². The molecule has 258 valence electrons. The molecular weight excluding hydrogens is 625 g/mol. The summed E-state index contributed by atoms with van der Waals surface area (Å²) in [6, 6.07) is 3.10. The molecule has 4 heterocycles. The van der Waals surface area contributed by atoms with Crippen LogP contribution in [0.5, 0.6) is 5.88 Å². The number of carbonyl (C=O) groups is 3. The number of fused-ring (bicyclic) bond motifs is 2. The third-order valence-electron chi connectivity index (χ3n) is 7.74. The fourth-order valence-corrected chi connectivity index (χ4v) is 5.53. The van der Waals surface area contributed by atoms with Crippen LogP contribution < -0.4 is 20.3 Å². The number of anilines is 3. The number of halogens is 1. The summed E-state index contributed by atoms with van der Waals surface area (Å²) in [4.78, 5) is 49.0. The number of nitrogens with zero attached hydrogens (tertiary/aromatic N) is 3. The molecule has 1 aromatic carbocycles. The summed E-state index contributed by atoms with van der Waals surface area (Å²) >= 11 is 0. The van der Waals surface area contributed by atoms with Gasteiger partial charge in [-0.3, -0.25) is 15.5 Å². The van der Waals surface area contributed by atoms with E-state index >= 15 is 4.39 Å². The van der Waals surface area contributed by atoms with E-state index in [9.17, 15) is 14.4 Å². The van der Waals surface area contributed by atoms with Crippen molar-refractivity contribution in [2.24, 2.45) is 5.92 Å². The second-order valence-corrected chi connectivity index (χ2v) is 13.7. The number of ether oxygens (including phenoxy) is 5. The van der Waals surface area contributed by atoms with Crippen molar-refractivity contribution in [3.05, 3.63) is 35.9 Å². The van der Waals surface area contributed by atoms with Crippen molar-refractivity contribution >= 4 is 46.2 Å². The standard InChI is InChI=1S/C34H42FN5O8/c1-9-19-16-44-17-24(19)46-30(41)38-25-13-20-12-21(26(35)27(23(20)15-36-25)39-31(42)47-33(3,4)5)22-14-37-29-28(18(22)2)40(10-11-45-29)32(43)48-34(6,7)8/h12-15,19,24H,9-11,16-17H2,1-8H3,(H,39,42)(H,36,38,41). The predicted octanol–water partition coefficient (Wildman–Crippen LogP) is 7.20. The molecule has 5 rings (SSSR count). The average Bonchev–Trinajstić information content (AvgIpc) is 3.43. The number of rotatable bonds is 5. The van der Waals surface area contributed by atoms with Crippen LogP contribution in [0, 0.1) is 18.7 Å². The molecule has 13 nitrogen and oxygen atoms in total. The number of carbonyl (C=O) groups excluding carboxylic acids is 3. The second-order valence-electron chi connectivity index (χ2n) is 13.7. The maximum absolute atomic E-state index is 16.6. The van der Waals surface area contributed by atoms with Crippen LogP contribution >= 0.6 is 0 Å². The van der Waals surface area contributed by atoms with Crippen molar-refractivity contribution in [2.45, 2.75) is 79.1 Å². The first-order valence-electron chi connectivity index (χ1n) is 15.9. The van der Waals surface area contributed by atoms with Gasteiger partial charge in [0.2, 0.25) is 5.88 Å². The molecule has 14 heteroatoms. The Hall–Kier alpha value is -4.72. The molecule has 1 fully saturated rings. The molecule has 3 aromatic rings. The second kappa shape index (κ2) is 13.4. The molecule has 0 radical (unpaired) electrons. The minimum absolute atomic E-state index is 0.0599. The van der Waals surface area contributed by atoms with Gasteiger partial charge in [-0.1, -0.05) is 6.92 Å². The Labute approximate surface area is 278 Å². The van der Waals surface area contributed by atoms with Crippen LogP contribution in [-0.4, -0.2) is 71.9 Å². The van der Waals surface area contributed by atoms with E-state index < -0.39 is 35.3 Å². The lowest BCUT2D eigenvalue weighted by Crippen LogP contribution is -2.42. The van der Waals surface area contributed by atoms with Crippen molar-refractivity contribution < 1.29 is 42.5 Å². The first-order valence-corrected chi connectivity index (χ1v) is 15.9. The van der Waals surface area contributed by atoms with Crippen molar-refractivity contribution in [1.82, 2.24) is 9.97 Å². The van der Waals surface area contributed by atoms with E-state index in [1.165, 1.54) is 17.3 Å². The zero-order valence-corrected chi connectivity index (χ0v) is 28.5. The number of pyridine rings is 2. The third kappa shape index (κ3) is 7.70. The molecule has 2 aromatic heterocycles. The zero-order chi connectivity index (χ0) is 35.0. The molecule has 0 bridgehead atoms. The number of hydrogen-bond acceptors (Lipinski definition) is 10. The number of benzene rings is 1. The Morgan fingerprint density at radius 3 is 2.40 bits per heavy atom. The highest BCUT2D eigenvalue weighted by atomic mass is 19.1. The molecule has 3 amide bonds. The fourth-order valence-electron chi connectivity index (χ4n) is 5.53. The summed E-state index contributed by atoms with van der Waals surface area (Å²) in [5.41, 5.74) is -0.570. The number of aromatic nitrogens is 2. The lowest BCUT2D eigenvalue weighted by molar-refractivity contribution is 0.0564. The van der Waals surface area contributed by atoms with Crippen LogP contribution in [0.3, 0.4) is 0 Å². The molecule has 2 atom stereocenters. The largest absolute Gasteiger partial charge is 0.474 e. The topological polar surface area (TPSA) is 150 Å².